The Balaban J connectivity index is 3.01. The molecule has 0 aliphatic heterocycles. The van der Waals surface area contributed by atoms with Gasteiger partial charge in [0.1, 0.15) is 0 Å². The summed E-state index contributed by atoms with van der Waals surface area (Å²) >= 11 is 0. The maximum absolute atomic E-state index is 5.96. The molecule has 1 heteroatoms. The molecule has 0 spiro atoms. The lowest BCUT2D eigenvalue weighted by atomic mass is 10.0. The van der Waals surface area contributed by atoms with Crippen LogP contribution < -0.4 is 5.73 Å². The molecular weight excluding hydrogens is 254 g/mol. The first kappa shape index (κ1) is 20.7. The summed E-state index contributed by atoms with van der Waals surface area (Å²) in [5.74, 6) is 0. The van der Waals surface area contributed by atoms with Crippen LogP contribution in [0.3, 0.4) is 0 Å². The van der Waals surface area contributed by atoms with E-state index in [1.807, 2.05) is 6.08 Å². The van der Waals surface area contributed by atoms with Gasteiger partial charge in [0, 0.05) is 6.04 Å². The third kappa shape index (κ3) is 17.6. The number of rotatable bonds is 17. The predicted molar refractivity (Wildman–Crippen MR) is 97.7 cm³/mol. The van der Waals surface area contributed by atoms with Crippen molar-refractivity contribution < 1.29 is 0 Å². The van der Waals surface area contributed by atoms with E-state index in [1.165, 1.54) is 96.3 Å². The third-order valence-corrected chi connectivity index (χ3v) is 4.40. The van der Waals surface area contributed by atoms with E-state index in [-0.39, 0.29) is 0 Å². The minimum Gasteiger partial charge on any atom is -0.327 e. The van der Waals surface area contributed by atoms with Gasteiger partial charge in [-0.1, -0.05) is 103 Å². The molecular formula is C20H41N. The molecule has 0 aliphatic rings. The second-order valence-corrected chi connectivity index (χ2v) is 6.67. The summed E-state index contributed by atoms with van der Waals surface area (Å²) in [5, 5.41) is 0. The summed E-state index contributed by atoms with van der Waals surface area (Å²) in [5.41, 5.74) is 5.96. The molecule has 1 nitrogen and oxygen atoms in total. The fourth-order valence-corrected chi connectivity index (χ4v) is 2.93. The summed E-state index contributed by atoms with van der Waals surface area (Å²) in [6.45, 7) is 6.03. The molecule has 126 valence electrons. The van der Waals surface area contributed by atoms with Gasteiger partial charge in [-0.15, -0.1) is 6.58 Å². The highest BCUT2D eigenvalue weighted by Gasteiger charge is 1.99. The van der Waals surface area contributed by atoms with E-state index in [1.54, 1.807) is 0 Å². The molecule has 21 heavy (non-hydrogen) atoms. The van der Waals surface area contributed by atoms with Crippen LogP contribution >= 0.6 is 0 Å². The van der Waals surface area contributed by atoms with Gasteiger partial charge in [0.05, 0.1) is 0 Å². The fraction of sp³-hybridized carbons (Fsp3) is 0.900. The lowest BCUT2D eigenvalue weighted by molar-refractivity contribution is 0.516. The minimum absolute atomic E-state index is 0.347. The Morgan fingerprint density at radius 2 is 1.10 bits per heavy atom. The first-order valence-corrected chi connectivity index (χ1v) is 9.67. The Morgan fingerprint density at radius 1 is 0.714 bits per heavy atom. The van der Waals surface area contributed by atoms with Gasteiger partial charge < -0.3 is 5.73 Å². The van der Waals surface area contributed by atoms with Crippen molar-refractivity contribution in [2.45, 2.75) is 116 Å². The lowest BCUT2D eigenvalue weighted by Crippen LogP contribution is -2.18. The standard InChI is InChI=1S/C20H41N/c1-3-5-6-7-8-9-10-11-12-13-14-15-16-17-19-20(21)18-4-2/h4,20H,2-3,5-19,21H2,1H3. The zero-order chi connectivity index (χ0) is 15.6. The summed E-state index contributed by atoms with van der Waals surface area (Å²) < 4.78 is 0. The largest absolute Gasteiger partial charge is 0.327 e. The molecule has 2 N–H and O–H groups in total. The van der Waals surface area contributed by atoms with Crippen LogP contribution in [0.1, 0.15) is 110 Å². The molecule has 1 atom stereocenters. The molecule has 0 heterocycles. The van der Waals surface area contributed by atoms with Gasteiger partial charge in [0.2, 0.25) is 0 Å². The van der Waals surface area contributed by atoms with Gasteiger partial charge in [-0.3, -0.25) is 0 Å². The molecule has 0 aromatic rings. The van der Waals surface area contributed by atoms with Crippen molar-refractivity contribution >= 4 is 0 Å². The molecule has 0 amide bonds. The van der Waals surface area contributed by atoms with E-state index >= 15 is 0 Å². The van der Waals surface area contributed by atoms with Crippen molar-refractivity contribution in [3.63, 3.8) is 0 Å². The fourth-order valence-electron chi connectivity index (χ4n) is 2.93. The number of unbranched alkanes of at least 4 members (excludes halogenated alkanes) is 13. The first-order chi connectivity index (χ1) is 10.3. The van der Waals surface area contributed by atoms with Crippen molar-refractivity contribution in [3.05, 3.63) is 12.7 Å². The van der Waals surface area contributed by atoms with Crippen LogP contribution in [0.15, 0.2) is 12.7 Å². The second-order valence-electron chi connectivity index (χ2n) is 6.67. The van der Waals surface area contributed by atoms with Gasteiger partial charge in [-0.05, 0) is 12.8 Å². The summed E-state index contributed by atoms with van der Waals surface area (Å²) in [6.07, 6.45) is 24.0. The van der Waals surface area contributed by atoms with E-state index in [2.05, 4.69) is 13.5 Å². The first-order valence-electron chi connectivity index (χ1n) is 9.67. The summed E-state index contributed by atoms with van der Waals surface area (Å²) in [4.78, 5) is 0. The van der Waals surface area contributed by atoms with Crippen molar-refractivity contribution in [3.8, 4) is 0 Å². The molecule has 0 radical (unpaired) electrons. The van der Waals surface area contributed by atoms with E-state index in [0.29, 0.717) is 6.04 Å². The Bertz CT molecular complexity index is 200. The Hall–Kier alpha value is -0.300. The Kier molecular flexibility index (Phi) is 17.5. The van der Waals surface area contributed by atoms with Gasteiger partial charge >= 0.3 is 0 Å². The Morgan fingerprint density at radius 3 is 1.48 bits per heavy atom. The second kappa shape index (κ2) is 17.8. The van der Waals surface area contributed by atoms with Crippen LogP contribution in [-0.4, -0.2) is 6.04 Å². The van der Waals surface area contributed by atoms with Crippen LogP contribution in [0.4, 0.5) is 0 Å². The zero-order valence-electron chi connectivity index (χ0n) is 14.8. The molecule has 0 aliphatic carbocycles. The van der Waals surface area contributed by atoms with Gasteiger partial charge in [-0.25, -0.2) is 0 Å². The van der Waals surface area contributed by atoms with E-state index in [9.17, 15) is 0 Å². The van der Waals surface area contributed by atoms with Crippen LogP contribution in [0.5, 0.6) is 0 Å². The SMILES string of the molecule is C=CCC(N)CCCCCCCCCCCCCCCC. The van der Waals surface area contributed by atoms with Crippen molar-refractivity contribution in [1.29, 1.82) is 0 Å². The van der Waals surface area contributed by atoms with Crippen LogP contribution in [0, 0.1) is 0 Å². The highest BCUT2D eigenvalue weighted by molar-refractivity contribution is 4.74. The molecule has 0 fully saturated rings. The highest BCUT2D eigenvalue weighted by Crippen LogP contribution is 2.13. The number of nitrogens with two attached hydrogens (primary N) is 1. The molecule has 0 aromatic carbocycles. The number of hydrogen-bond donors (Lipinski definition) is 1. The van der Waals surface area contributed by atoms with E-state index < -0.39 is 0 Å². The van der Waals surface area contributed by atoms with Crippen LogP contribution in [0.2, 0.25) is 0 Å². The van der Waals surface area contributed by atoms with Gasteiger partial charge in [0.15, 0.2) is 0 Å². The minimum atomic E-state index is 0.347. The summed E-state index contributed by atoms with van der Waals surface area (Å²) in [7, 11) is 0. The Labute approximate surface area is 134 Å². The normalized spacial score (nSPS) is 12.5. The maximum atomic E-state index is 5.96. The molecule has 0 bridgehead atoms. The topological polar surface area (TPSA) is 26.0 Å². The molecule has 0 rings (SSSR count). The monoisotopic (exact) mass is 295 g/mol. The predicted octanol–water partition coefficient (Wildman–Crippen LogP) is 6.76. The molecule has 0 saturated carbocycles. The van der Waals surface area contributed by atoms with E-state index in [0.717, 1.165) is 6.42 Å². The zero-order valence-corrected chi connectivity index (χ0v) is 14.8. The molecule has 1 unspecified atom stereocenters. The summed E-state index contributed by atoms with van der Waals surface area (Å²) in [6, 6.07) is 0.347. The molecule has 0 aromatic heterocycles. The average molecular weight is 296 g/mol. The maximum Gasteiger partial charge on any atom is 0.00733 e. The van der Waals surface area contributed by atoms with Gasteiger partial charge in [-0.2, -0.15) is 0 Å². The van der Waals surface area contributed by atoms with Crippen LogP contribution in [-0.2, 0) is 0 Å². The molecule has 0 saturated heterocycles. The quantitative estimate of drug-likeness (QED) is 0.233. The van der Waals surface area contributed by atoms with Crippen molar-refractivity contribution in [2.24, 2.45) is 5.73 Å². The van der Waals surface area contributed by atoms with Crippen molar-refractivity contribution in [1.82, 2.24) is 0 Å². The third-order valence-electron chi connectivity index (χ3n) is 4.40. The van der Waals surface area contributed by atoms with Crippen LogP contribution in [0.25, 0.3) is 0 Å². The average Bonchev–Trinajstić information content (AvgIpc) is 2.48. The highest BCUT2D eigenvalue weighted by atomic mass is 14.6. The smallest absolute Gasteiger partial charge is 0.00733 e. The van der Waals surface area contributed by atoms with Gasteiger partial charge in [0.25, 0.3) is 0 Å². The number of hydrogen-bond acceptors (Lipinski definition) is 1. The van der Waals surface area contributed by atoms with Crippen molar-refractivity contribution in [2.75, 3.05) is 0 Å². The van der Waals surface area contributed by atoms with E-state index in [4.69, 9.17) is 5.73 Å². The lowest BCUT2D eigenvalue weighted by Gasteiger charge is -2.08.